The van der Waals surface area contributed by atoms with Crippen molar-refractivity contribution in [2.75, 3.05) is 13.2 Å². The predicted molar refractivity (Wildman–Crippen MR) is 36.0 cm³/mol. The van der Waals surface area contributed by atoms with Crippen LogP contribution in [0.5, 0.6) is 0 Å². The topological polar surface area (TPSA) is 110 Å². The van der Waals surface area contributed by atoms with E-state index >= 15 is 0 Å². The lowest BCUT2D eigenvalue weighted by atomic mass is 10.1. The first-order valence-electron chi connectivity index (χ1n) is 3.53. The SMILES string of the molecule is OC[C@H]1O[C@@](O)(CO)[C@H](O)[C@@H]1O. The quantitative estimate of drug-likeness (QED) is 0.306. The van der Waals surface area contributed by atoms with Gasteiger partial charge in [-0.15, -0.1) is 0 Å². The van der Waals surface area contributed by atoms with E-state index in [0.29, 0.717) is 0 Å². The molecule has 4 atom stereocenters. The largest absolute Gasteiger partial charge is 0.394 e. The van der Waals surface area contributed by atoms with Crippen LogP contribution in [0.4, 0.5) is 0 Å². The molecule has 1 aliphatic heterocycles. The summed E-state index contributed by atoms with van der Waals surface area (Å²) >= 11 is 0. The van der Waals surface area contributed by atoms with E-state index in [0.717, 1.165) is 0 Å². The van der Waals surface area contributed by atoms with Crippen molar-refractivity contribution in [2.24, 2.45) is 0 Å². The first kappa shape index (κ1) is 9.85. The molecule has 0 amide bonds. The smallest absolute Gasteiger partial charge is 0.219 e. The second kappa shape index (κ2) is 3.25. The molecule has 72 valence electrons. The van der Waals surface area contributed by atoms with Gasteiger partial charge in [-0.25, -0.2) is 0 Å². The summed E-state index contributed by atoms with van der Waals surface area (Å²) in [6.45, 7) is -1.36. The predicted octanol–water partition coefficient (Wildman–Crippen LogP) is -3.22. The number of aliphatic hydroxyl groups is 5. The van der Waals surface area contributed by atoms with Crippen LogP contribution in [-0.2, 0) is 4.74 Å². The van der Waals surface area contributed by atoms with E-state index in [1.807, 2.05) is 0 Å². The fraction of sp³-hybridized carbons (Fsp3) is 1.00. The van der Waals surface area contributed by atoms with Crippen LogP contribution in [0.25, 0.3) is 0 Å². The summed E-state index contributed by atoms with van der Waals surface area (Å²) in [7, 11) is 0. The molecular weight excluding hydrogens is 168 g/mol. The molecule has 0 bridgehead atoms. The van der Waals surface area contributed by atoms with Crippen molar-refractivity contribution in [3.05, 3.63) is 0 Å². The summed E-state index contributed by atoms with van der Waals surface area (Å²) < 4.78 is 4.63. The van der Waals surface area contributed by atoms with E-state index in [-0.39, 0.29) is 0 Å². The maximum atomic E-state index is 9.25. The lowest BCUT2D eigenvalue weighted by molar-refractivity contribution is -0.248. The Labute approximate surface area is 68.6 Å². The minimum Gasteiger partial charge on any atom is -0.394 e. The second-order valence-electron chi connectivity index (χ2n) is 2.78. The number of hydrogen-bond acceptors (Lipinski definition) is 6. The van der Waals surface area contributed by atoms with Crippen molar-refractivity contribution in [3.63, 3.8) is 0 Å². The minimum absolute atomic E-state index is 0.527. The Bertz CT molecular complexity index is 162. The Morgan fingerprint density at radius 2 is 1.83 bits per heavy atom. The Morgan fingerprint density at radius 1 is 1.25 bits per heavy atom. The minimum atomic E-state index is -2.16. The van der Waals surface area contributed by atoms with Gasteiger partial charge in [-0.1, -0.05) is 0 Å². The standard InChI is InChI=1S/C6H12O6/c7-1-3-4(9)5(10)6(11,2-8)12-3/h3-5,7-11H,1-2H2/t3-,4-,5-,6+/m1/s1. The molecule has 1 rings (SSSR count). The first-order valence-corrected chi connectivity index (χ1v) is 3.53. The fourth-order valence-electron chi connectivity index (χ4n) is 1.15. The van der Waals surface area contributed by atoms with Gasteiger partial charge in [0.15, 0.2) is 0 Å². The van der Waals surface area contributed by atoms with Gasteiger partial charge in [-0.2, -0.15) is 0 Å². The van der Waals surface area contributed by atoms with Gasteiger partial charge < -0.3 is 30.3 Å². The zero-order chi connectivity index (χ0) is 9.35. The zero-order valence-corrected chi connectivity index (χ0v) is 6.29. The summed E-state index contributed by atoms with van der Waals surface area (Å²) in [6.07, 6.45) is -4.04. The molecule has 1 saturated heterocycles. The van der Waals surface area contributed by atoms with Gasteiger partial charge in [0, 0.05) is 0 Å². The molecule has 1 fully saturated rings. The van der Waals surface area contributed by atoms with Crippen LogP contribution in [-0.4, -0.2) is 62.8 Å². The number of ether oxygens (including phenoxy) is 1. The number of aliphatic hydroxyl groups excluding tert-OH is 4. The van der Waals surface area contributed by atoms with Crippen LogP contribution in [0, 0.1) is 0 Å². The van der Waals surface area contributed by atoms with Crippen LogP contribution in [0.15, 0.2) is 0 Å². The maximum absolute atomic E-state index is 9.25. The Morgan fingerprint density at radius 3 is 2.08 bits per heavy atom. The summed E-state index contributed by atoms with van der Waals surface area (Å²) in [5, 5.41) is 44.7. The average Bonchev–Trinajstić information content (AvgIpc) is 2.31. The van der Waals surface area contributed by atoms with Gasteiger partial charge in [-0.3, -0.25) is 0 Å². The molecule has 1 aliphatic rings. The molecule has 6 heteroatoms. The van der Waals surface area contributed by atoms with E-state index in [1.165, 1.54) is 0 Å². The molecular formula is C6H12O6. The second-order valence-corrected chi connectivity index (χ2v) is 2.78. The first-order chi connectivity index (χ1) is 5.55. The Balaban J connectivity index is 2.72. The zero-order valence-electron chi connectivity index (χ0n) is 6.29. The van der Waals surface area contributed by atoms with Gasteiger partial charge in [-0.05, 0) is 0 Å². The highest BCUT2D eigenvalue weighted by molar-refractivity contribution is 4.94. The monoisotopic (exact) mass is 180 g/mol. The van der Waals surface area contributed by atoms with Crippen molar-refractivity contribution in [1.82, 2.24) is 0 Å². The Kier molecular flexibility index (Phi) is 2.67. The van der Waals surface area contributed by atoms with Crippen LogP contribution in [0.3, 0.4) is 0 Å². The maximum Gasteiger partial charge on any atom is 0.219 e. The molecule has 0 unspecified atom stereocenters. The van der Waals surface area contributed by atoms with Crippen LogP contribution < -0.4 is 0 Å². The summed E-state index contributed by atoms with van der Waals surface area (Å²) in [6, 6.07) is 0. The molecule has 0 aromatic heterocycles. The third-order valence-corrected chi connectivity index (χ3v) is 1.93. The molecule has 12 heavy (non-hydrogen) atoms. The van der Waals surface area contributed by atoms with Gasteiger partial charge in [0.1, 0.15) is 18.3 Å². The summed E-state index contributed by atoms with van der Waals surface area (Å²) in [4.78, 5) is 0. The molecule has 0 radical (unpaired) electrons. The van der Waals surface area contributed by atoms with E-state index in [1.54, 1.807) is 0 Å². The van der Waals surface area contributed by atoms with Crippen molar-refractivity contribution >= 4 is 0 Å². The molecule has 0 aromatic carbocycles. The molecule has 0 spiro atoms. The molecule has 1 heterocycles. The lowest BCUT2D eigenvalue weighted by Gasteiger charge is -2.22. The molecule has 0 aliphatic carbocycles. The van der Waals surface area contributed by atoms with Gasteiger partial charge in [0.25, 0.3) is 0 Å². The summed E-state index contributed by atoms with van der Waals surface area (Å²) in [5.74, 6) is -2.16. The van der Waals surface area contributed by atoms with E-state index in [4.69, 9.17) is 20.4 Å². The highest BCUT2D eigenvalue weighted by Gasteiger charge is 2.52. The van der Waals surface area contributed by atoms with Crippen LogP contribution >= 0.6 is 0 Å². The van der Waals surface area contributed by atoms with Gasteiger partial charge in [0.05, 0.1) is 13.2 Å². The molecule has 0 aromatic rings. The van der Waals surface area contributed by atoms with Crippen LogP contribution in [0.2, 0.25) is 0 Å². The van der Waals surface area contributed by atoms with E-state index in [9.17, 15) is 5.11 Å². The van der Waals surface area contributed by atoms with E-state index in [2.05, 4.69) is 4.74 Å². The fourth-order valence-corrected chi connectivity index (χ4v) is 1.15. The van der Waals surface area contributed by atoms with Crippen LogP contribution in [0.1, 0.15) is 0 Å². The van der Waals surface area contributed by atoms with Crippen molar-refractivity contribution in [2.45, 2.75) is 24.1 Å². The van der Waals surface area contributed by atoms with Gasteiger partial charge >= 0.3 is 0 Å². The molecule has 6 nitrogen and oxygen atoms in total. The Hall–Kier alpha value is -0.240. The highest BCUT2D eigenvalue weighted by atomic mass is 16.7. The highest BCUT2D eigenvalue weighted by Crippen LogP contribution is 2.28. The third-order valence-electron chi connectivity index (χ3n) is 1.93. The van der Waals surface area contributed by atoms with Gasteiger partial charge in [0.2, 0.25) is 5.79 Å². The molecule has 0 saturated carbocycles. The normalized spacial score (nSPS) is 48.2. The average molecular weight is 180 g/mol. The number of rotatable bonds is 2. The van der Waals surface area contributed by atoms with Crippen molar-refractivity contribution < 1.29 is 30.3 Å². The molecule has 5 N–H and O–H groups in total. The number of hydrogen-bond donors (Lipinski definition) is 5. The summed E-state index contributed by atoms with van der Waals surface area (Å²) in [5.41, 5.74) is 0. The third kappa shape index (κ3) is 1.33. The van der Waals surface area contributed by atoms with Crippen molar-refractivity contribution in [1.29, 1.82) is 0 Å². The lowest BCUT2D eigenvalue weighted by Crippen LogP contribution is -2.46. The van der Waals surface area contributed by atoms with Crippen molar-refractivity contribution in [3.8, 4) is 0 Å². The van der Waals surface area contributed by atoms with E-state index < -0.39 is 37.3 Å².